The normalized spacial score (nSPS) is 10.8. The van der Waals surface area contributed by atoms with E-state index >= 15 is 0 Å². The number of ether oxygens (including phenoxy) is 1. The van der Waals surface area contributed by atoms with Crippen molar-refractivity contribution in [1.82, 2.24) is 15.2 Å². The summed E-state index contributed by atoms with van der Waals surface area (Å²) in [6.45, 7) is 4.48. The van der Waals surface area contributed by atoms with Crippen molar-refractivity contribution in [1.29, 1.82) is 0 Å². The third-order valence-corrected chi connectivity index (χ3v) is 4.64. The van der Waals surface area contributed by atoms with Gasteiger partial charge in [-0.2, -0.15) is 0 Å². The number of guanidine groups is 1. The molecule has 164 valence electrons. The molecular formula is C24H29IN4O2. The molecule has 3 aromatic rings. The van der Waals surface area contributed by atoms with E-state index in [1.54, 1.807) is 29.9 Å². The molecule has 0 saturated heterocycles. The molecule has 2 N–H and O–H groups in total. The van der Waals surface area contributed by atoms with Gasteiger partial charge < -0.3 is 19.9 Å². The Morgan fingerprint density at radius 1 is 0.968 bits per heavy atom. The topological polar surface area (TPSA) is 67.7 Å². The maximum absolute atomic E-state index is 11.8. The fourth-order valence-electron chi connectivity index (χ4n) is 2.93. The highest BCUT2D eigenvalue weighted by Crippen LogP contribution is 2.10. The number of aryl methyl sites for hydroxylation is 1. The van der Waals surface area contributed by atoms with Crippen LogP contribution >= 0.6 is 24.0 Å². The molecule has 0 unspecified atom stereocenters. The van der Waals surface area contributed by atoms with E-state index in [2.05, 4.69) is 34.7 Å². The van der Waals surface area contributed by atoms with Gasteiger partial charge in [0.1, 0.15) is 12.4 Å². The molecule has 3 rings (SSSR count). The average molecular weight is 532 g/mol. The maximum atomic E-state index is 11.8. The van der Waals surface area contributed by atoms with E-state index < -0.39 is 0 Å². The Kier molecular flexibility index (Phi) is 10.1. The third kappa shape index (κ3) is 8.09. The summed E-state index contributed by atoms with van der Waals surface area (Å²) in [6, 6.07) is 21.4. The smallest absolute Gasteiger partial charge is 0.250 e. The molecule has 0 amide bonds. The molecule has 2 aromatic carbocycles. The van der Waals surface area contributed by atoms with E-state index in [1.807, 2.05) is 42.5 Å². The minimum absolute atomic E-state index is 0. The number of nitrogens with zero attached hydrogens (tertiary/aromatic N) is 2. The molecule has 0 atom stereocenters. The van der Waals surface area contributed by atoms with Crippen molar-refractivity contribution in [2.45, 2.75) is 20.0 Å². The van der Waals surface area contributed by atoms with Crippen LogP contribution in [0.5, 0.6) is 5.75 Å². The van der Waals surface area contributed by atoms with E-state index in [-0.39, 0.29) is 29.5 Å². The van der Waals surface area contributed by atoms with Crippen LogP contribution < -0.4 is 20.9 Å². The molecular weight excluding hydrogens is 503 g/mol. The van der Waals surface area contributed by atoms with Crippen molar-refractivity contribution in [3.05, 3.63) is 100.0 Å². The quantitative estimate of drug-likeness (QED) is 0.202. The molecule has 7 heteroatoms. The zero-order chi connectivity index (χ0) is 21.2. The summed E-state index contributed by atoms with van der Waals surface area (Å²) in [7, 11) is 1.75. The molecule has 1 heterocycles. The number of hydrogen-bond donors (Lipinski definition) is 2. The number of pyridine rings is 1. The third-order valence-electron chi connectivity index (χ3n) is 4.64. The molecule has 0 aliphatic carbocycles. The van der Waals surface area contributed by atoms with Crippen LogP contribution in [0.2, 0.25) is 0 Å². The van der Waals surface area contributed by atoms with E-state index in [0.29, 0.717) is 26.2 Å². The van der Waals surface area contributed by atoms with E-state index in [0.717, 1.165) is 22.8 Å². The molecule has 0 bridgehead atoms. The highest BCUT2D eigenvalue weighted by molar-refractivity contribution is 14.0. The fraction of sp³-hybridized carbons (Fsp3) is 0.250. The van der Waals surface area contributed by atoms with Gasteiger partial charge in [0.05, 0.1) is 13.1 Å². The molecule has 1 aromatic heterocycles. The van der Waals surface area contributed by atoms with Crippen molar-refractivity contribution in [3.8, 4) is 5.75 Å². The van der Waals surface area contributed by atoms with Crippen molar-refractivity contribution >= 4 is 29.9 Å². The standard InChI is InChI=1S/C24H28N4O2.HI/c1-19-6-12-22(13-7-19)30-16-14-26-24(25-2)27-17-20-8-10-21(11-9-20)18-28-15-4-3-5-23(28)29;/h3-13,15H,14,16-18H2,1-2H3,(H2,25,26,27);1H. The number of aromatic nitrogens is 1. The molecule has 0 aliphatic heterocycles. The predicted molar refractivity (Wildman–Crippen MR) is 137 cm³/mol. The van der Waals surface area contributed by atoms with Crippen LogP contribution in [0.4, 0.5) is 0 Å². The lowest BCUT2D eigenvalue weighted by atomic mass is 10.1. The first-order valence-corrected chi connectivity index (χ1v) is 10.0. The molecule has 0 aliphatic rings. The predicted octanol–water partition coefficient (Wildman–Crippen LogP) is 3.57. The number of nitrogens with one attached hydrogen (secondary N) is 2. The van der Waals surface area contributed by atoms with Gasteiger partial charge in [-0.3, -0.25) is 9.79 Å². The first kappa shape index (κ1) is 24.5. The second-order valence-electron chi connectivity index (χ2n) is 7.00. The van der Waals surface area contributed by atoms with Crippen LogP contribution in [-0.2, 0) is 13.1 Å². The Morgan fingerprint density at radius 3 is 2.35 bits per heavy atom. The summed E-state index contributed by atoms with van der Waals surface area (Å²) in [5.41, 5.74) is 3.44. The number of aliphatic imine (C=N–C) groups is 1. The highest BCUT2D eigenvalue weighted by atomic mass is 127. The minimum Gasteiger partial charge on any atom is -0.492 e. The minimum atomic E-state index is 0. The van der Waals surface area contributed by atoms with Gasteiger partial charge >= 0.3 is 0 Å². The van der Waals surface area contributed by atoms with Gasteiger partial charge in [0.15, 0.2) is 5.96 Å². The fourth-order valence-corrected chi connectivity index (χ4v) is 2.93. The Hall–Kier alpha value is -2.81. The average Bonchev–Trinajstić information content (AvgIpc) is 2.77. The Balaban J connectivity index is 0.00000341. The molecule has 0 radical (unpaired) electrons. The highest BCUT2D eigenvalue weighted by Gasteiger charge is 2.01. The van der Waals surface area contributed by atoms with Gasteiger partial charge in [-0.15, -0.1) is 24.0 Å². The second kappa shape index (κ2) is 12.8. The zero-order valence-electron chi connectivity index (χ0n) is 17.9. The summed E-state index contributed by atoms with van der Waals surface area (Å²) >= 11 is 0. The van der Waals surface area contributed by atoms with E-state index in [1.165, 1.54) is 5.56 Å². The Morgan fingerprint density at radius 2 is 1.68 bits per heavy atom. The number of halogens is 1. The van der Waals surface area contributed by atoms with E-state index in [9.17, 15) is 4.79 Å². The number of hydrogen-bond acceptors (Lipinski definition) is 3. The van der Waals surface area contributed by atoms with Crippen molar-refractivity contribution in [3.63, 3.8) is 0 Å². The maximum Gasteiger partial charge on any atom is 0.250 e. The summed E-state index contributed by atoms with van der Waals surface area (Å²) in [4.78, 5) is 16.1. The van der Waals surface area contributed by atoms with Crippen molar-refractivity contribution in [2.24, 2.45) is 4.99 Å². The Bertz CT molecular complexity index is 1010. The molecule has 0 fully saturated rings. The molecule has 0 spiro atoms. The Labute approximate surface area is 200 Å². The van der Waals surface area contributed by atoms with Crippen LogP contribution in [-0.4, -0.2) is 30.7 Å². The second-order valence-corrected chi connectivity index (χ2v) is 7.00. The summed E-state index contributed by atoms with van der Waals surface area (Å²) in [6.07, 6.45) is 1.80. The largest absolute Gasteiger partial charge is 0.492 e. The molecule has 31 heavy (non-hydrogen) atoms. The monoisotopic (exact) mass is 532 g/mol. The van der Waals surface area contributed by atoms with Crippen LogP contribution in [0.25, 0.3) is 0 Å². The lowest BCUT2D eigenvalue weighted by molar-refractivity contribution is 0.322. The summed E-state index contributed by atoms with van der Waals surface area (Å²) in [5.74, 6) is 1.59. The number of benzene rings is 2. The van der Waals surface area contributed by atoms with Gasteiger partial charge in [-0.1, -0.05) is 48.0 Å². The summed E-state index contributed by atoms with van der Waals surface area (Å²) < 4.78 is 7.41. The first-order chi connectivity index (χ1) is 14.6. The lowest BCUT2D eigenvalue weighted by Gasteiger charge is -2.13. The van der Waals surface area contributed by atoms with Crippen LogP contribution in [0.3, 0.4) is 0 Å². The van der Waals surface area contributed by atoms with Gasteiger partial charge in [-0.05, 0) is 36.2 Å². The molecule has 0 saturated carbocycles. The van der Waals surface area contributed by atoms with Crippen molar-refractivity contribution in [2.75, 3.05) is 20.2 Å². The molecule has 6 nitrogen and oxygen atoms in total. The van der Waals surface area contributed by atoms with Crippen LogP contribution in [0.1, 0.15) is 16.7 Å². The van der Waals surface area contributed by atoms with Gasteiger partial charge in [0.2, 0.25) is 0 Å². The lowest BCUT2D eigenvalue weighted by Crippen LogP contribution is -2.38. The van der Waals surface area contributed by atoms with Crippen molar-refractivity contribution < 1.29 is 4.74 Å². The van der Waals surface area contributed by atoms with Crippen LogP contribution in [0.15, 0.2) is 82.7 Å². The summed E-state index contributed by atoms with van der Waals surface area (Å²) in [5, 5.41) is 6.55. The first-order valence-electron chi connectivity index (χ1n) is 10.0. The van der Waals surface area contributed by atoms with Gasteiger partial charge in [0.25, 0.3) is 5.56 Å². The van der Waals surface area contributed by atoms with Crippen LogP contribution in [0, 0.1) is 6.92 Å². The zero-order valence-corrected chi connectivity index (χ0v) is 20.2. The SMILES string of the molecule is CN=C(NCCOc1ccc(C)cc1)NCc1ccc(Cn2ccccc2=O)cc1.I. The van der Waals surface area contributed by atoms with Gasteiger partial charge in [-0.25, -0.2) is 0 Å². The van der Waals surface area contributed by atoms with E-state index in [4.69, 9.17) is 4.74 Å². The van der Waals surface area contributed by atoms with Gasteiger partial charge in [0, 0.05) is 25.9 Å². The number of rotatable bonds is 8.